The maximum Gasteiger partial charge on any atom is 0.317 e. The van der Waals surface area contributed by atoms with Gasteiger partial charge in [-0.1, -0.05) is 79.1 Å². The first-order valence-electron chi connectivity index (χ1n) is 12.2. The summed E-state index contributed by atoms with van der Waals surface area (Å²) in [5.74, 6) is 1.62. The molecule has 1 aromatic rings. The summed E-state index contributed by atoms with van der Waals surface area (Å²) in [4.78, 5) is 29.2. The molecule has 0 aliphatic rings. The number of hydrogen-bond acceptors (Lipinski definition) is 2. The number of carbonyl (C=O) groups excluding carboxylic acids is 2. The molecule has 7 heteroatoms. The van der Waals surface area contributed by atoms with Gasteiger partial charge in [-0.2, -0.15) is 0 Å². The van der Waals surface area contributed by atoms with E-state index >= 15 is 0 Å². The molecule has 0 heterocycles. The van der Waals surface area contributed by atoms with E-state index in [1.54, 1.807) is 0 Å². The van der Waals surface area contributed by atoms with E-state index in [9.17, 15) is 9.59 Å². The topological polar surface area (TPSA) is 64.7 Å². The van der Waals surface area contributed by atoms with Gasteiger partial charge in [-0.05, 0) is 40.9 Å². The summed E-state index contributed by atoms with van der Waals surface area (Å²) in [5.41, 5.74) is 1.79. The molecule has 0 saturated heterocycles. The highest BCUT2D eigenvalue weighted by Gasteiger charge is 2.18. The SMILES string of the molecule is CC(C)CN(CC(C)C)C(=O)NCc1ccc(Cl)c(CNC(=O)N(CC(C)C)CC(C)C)c1. The van der Waals surface area contributed by atoms with Gasteiger partial charge in [0.15, 0.2) is 0 Å². The Morgan fingerprint density at radius 1 is 0.727 bits per heavy atom. The molecule has 0 bridgehead atoms. The molecule has 0 fully saturated rings. The summed E-state index contributed by atoms with van der Waals surface area (Å²) < 4.78 is 0. The van der Waals surface area contributed by atoms with Crippen LogP contribution in [0.2, 0.25) is 5.02 Å². The first-order chi connectivity index (χ1) is 15.4. The Balaban J connectivity index is 2.77. The third-order valence-corrected chi connectivity index (χ3v) is 5.27. The second-order valence-electron chi connectivity index (χ2n) is 10.6. The molecular weight excluding hydrogens is 436 g/mol. The quantitative estimate of drug-likeness (QED) is 0.386. The number of urea groups is 2. The molecule has 2 N–H and O–H groups in total. The molecule has 33 heavy (non-hydrogen) atoms. The summed E-state index contributed by atoms with van der Waals surface area (Å²) in [6.45, 7) is 20.5. The van der Waals surface area contributed by atoms with Crippen molar-refractivity contribution in [2.45, 2.75) is 68.5 Å². The van der Waals surface area contributed by atoms with E-state index in [0.29, 0.717) is 54.9 Å². The van der Waals surface area contributed by atoms with Gasteiger partial charge in [0.05, 0.1) is 0 Å². The lowest BCUT2D eigenvalue weighted by Crippen LogP contribution is -2.43. The van der Waals surface area contributed by atoms with Crippen LogP contribution in [0.3, 0.4) is 0 Å². The highest BCUT2D eigenvalue weighted by Crippen LogP contribution is 2.18. The fourth-order valence-electron chi connectivity index (χ4n) is 3.69. The van der Waals surface area contributed by atoms with Gasteiger partial charge in [0.25, 0.3) is 0 Å². The fourth-order valence-corrected chi connectivity index (χ4v) is 3.87. The van der Waals surface area contributed by atoms with Crippen LogP contribution in [-0.4, -0.2) is 48.0 Å². The van der Waals surface area contributed by atoms with Crippen molar-refractivity contribution in [3.63, 3.8) is 0 Å². The number of amides is 4. The van der Waals surface area contributed by atoms with Crippen LogP contribution in [0, 0.1) is 23.7 Å². The molecule has 0 atom stereocenters. The van der Waals surface area contributed by atoms with Crippen molar-refractivity contribution in [3.8, 4) is 0 Å². The van der Waals surface area contributed by atoms with E-state index in [1.165, 1.54) is 0 Å². The second-order valence-corrected chi connectivity index (χ2v) is 11.0. The number of benzene rings is 1. The molecule has 0 spiro atoms. The van der Waals surface area contributed by atoms with Crippen LogP contribution >= 0.6 is 11.6 Å². The smallest absolute Gasteiger partial charge is 0.317 e. The average Bonchev–Trinajstić information content (AvgIpc) is 2.69. The van der Waals surface area contributed by atoms with E-state index in [4.69, 9.17) is 11.6 Å². The largest absolute Gasteiger partial charge is 0.334 e. The van der Waals surface area contributed by atoms with Crippen molar-refractivity contribution < 1.29 is 9.59 Å². The minimum Gasteiger partial charge on any atom is -0.334 e. The molecule has 0 radical (unpaired) electrons. The zero-order valence-corrected chi connectivity index (χ0v) is 22.6. The van der Waals surface area contributed by atoms with Crippen molar-refractivity contribution in [1.82, 2.24) is 20.4 Å². The number of nitrogens with one attached hydrogen (secondary N) is 2. The Kier molecular flexibility index (Phi) is 12.6. The van der Waals surface area contributed by atoms with Gasteiger partial charge < -0.3 is 20.4 Å². The van der Waals surface area contributed by atoms with Crippen LogP contribution in [0.4, 0.5) is 9.59 Å². The van der Waals surface area contributed by atoms with Gasteiger partial charge in [0.2, 0.25) is 0 Å². The van der Waals surface area contributed by atoms with Crippen LogP contribution < -0.4 is 10.6 Å². The molecule has 1 rings (SSSR count). The molecule has 1 aromatic carbocycles. The predicted molar refractivity (Wildman–Crippen MR) is 138 cm³/mol. The van der Waals surface area contributed by atoms with Crippen molar-refractivity contribution in [1.29, 1.82) is 0 Å². The Labute approximate surface area is 206 Å². The lowest BCUT2D eigenvalue weighted by Gasteiger charge is -2.27. The number of carbonyl (C=O) groups is 2. The van der Waals surface area contributed by atoms with Crippen molar-refractivity contribution >= 4 is 23.7 Å². The fraction of sp³-hybridized carbons (Fsp3) is 0.692. The van der Waals surface area contributed by atoms with Crippen LogP contribution in [0.25, 0.3) is 0 Å². The minimum atomic E-state index is -0.0785. The summed E-state index contributed by atoms with van der Waals surface area (Å²) in [5, 5.41) is 6.64. The highest BCUT2D eigenvalue weighted by molar-refractivity contribution is 6.31. The third kappa shape index (κ3) is 11.6. The maximum atomic E-state index is 12.8. The molecule has 4 amide bonds. The van der Waals surface area contributed by atoms with Gasteiger partial charge in [-0.15, -0.1) is 0 Å². The molecule has 0 aliphatic heterocycles. The molecule has 0 aromatic heterocycles. The second kappa shape index (κ2) is 14.3. The van der Waals surface area contributed by atoms with E-state index in [0.717, 1.165) is 24.2 Å². The monoisotopic (exact) mass is 480 g/mol. The zero-order chi connectivity index (χ0) is 25.1. The summed E-state index contributed by atoms with van der Waals surface area (Å²) >= 11 is 6.40. The third-order valence-electron chi connectivity index (χ3n) is 4.90. The molecule has 6 nitrogen and oxygen atoms in total. The summed E-state index contributed by atoms with van der Waals surface area (Å²) in [7, 11) is 0. The van der Waals surface area contributed by atoms with Gasteiger partial charge in [0.1, 0.15) is 0 Å². The highest BCUT2D eigenvalue weighted by atomic mass is 35.5. The van der Waals surface area contributed by atoms with E-state index in [2.05, 4.69) is 66.0 Å². The number of rotatable bonds is 12. The van der Waals surface area contributed by atoms with Crippen molar-refractivity contribution in [2.75, 3.05) is 26.2 Å². The molecule has 188 valence electrons. The Morgan fingerprint density at radius 2 is 1.12 bits per heavy atom. The van der Waals surface area contributed by atoms with Crippen LogP contribution in [0.5, 0.6) is 0 Å². The summed E-state index contributed by atoms with van der Waals surface area (Å²) in [6, 6.07) is 5.55. The number of nitrogens with zero attached hydrogens (tertiary/aromatic N) is 2. The lowest BCUT2D eigenvalue weighted by molar-refractivity contribution is 0.182. The van der Waals surface area contributed by atoms with Crippen LogP contribution in [0.1, 0.15) is 66.5 Å². The first kappa shape index (κ1) is 29.1. The van der Waals surface area contributed by atoms with Gasteiger partial charge in [-0.3, -0.25) is 0 Å². The van der Waals surface area contributed by atoms with Crippen LogP contribution in [0.15, 0.2) is 18.2 Å². The molecular formula is C26H45ClN4O2. The average molecular weight is 481 g/mol. The maximum absolute atomic E-state index is 12.8. The van der Waals surface area contributed by atoms with Gasteiger partial charge >= 0.3 is 12.1 Å². The first-order valence-corrected chi connectivity index (χ1v) is 12.6. The van der Waals surface area contributed by atoms with E-state index in [-0.39, 0.29) is 12.1 Å². The van der Waals surface area contributed by atoms with Crippen molar-refractivity contribution in [3.05, 3.63) is 34.3 Å². The van der Waals surface area contributed by atoms with Gasteiger partial charge in [-0.25, -0.2) is 9.59 Å². The minimum absolute atomic E-state index is 0.0554. The van der Waals surface area contributed by atoms with Crippen LogP contribution in [-0.2, 0) is 13.1 Å². The predicted octanol–water partition coefficient (Wildman–Crippen LogP) is 5.99. The molecule has 0 unspecified atom stereocenters. The Morgan fingerprint density at radius 3 is 1.52 bits per heavy atom. The number of hydrogen-bond donors (Lipinski definition) is 2. The number of halogens is 1. The molecule has 0 saturated carbocycles. The zero-order valence-electron chi connectivity index (χ0n) is 21.9. The van der Waals surface area contributed by atoms with Gasteiger partial charge in [0, 0.05) is 44.3 Å². The Bertz CT molecular complexity index is 730. The standard InChI is InChI=1S/C26H45ClN4O2/c1-18(2)14-30(15-19(3)4)25(32)28-12-22-9-10-24(27)23(11-22)13-29-26(33)31(16-20(5)6)17-21(7)8/h9-11,18-21H,12-17H2,1-8H3,(H,28,32)(H,29,33). The van der Waals surface area contributed by atoms with E-state index in [1.807, 2.05) is 28.0 Å². The molecule has 0 aliphatic carbocycles. The lowest BCUT2D eigenvalue weighted by atomic mass is 10.1. The van der Waals surface area contributed by atoms with E-state index < -0.39 is 0 Å². The van der Waals surface area contributed by atoms with Crippen molar-refractivity contribution in [2.24, 2.45) is 23.7 Å². The normalized spacial score (nSPS) is 11.4. The Hall–Kier alpha value is -1.95. The summed E-state index contributed by atoms with van der Waals surface area (Å²) in [6.07, 6.45) is 0.